The minimum Gasteiger partial charge on any atom is -0.497 e. The summed E-state index contributed by atoms with van der Waals surface area (Å²) in [6, 6.07) is 18.0. The van der Waals surface area contributed by atoms with E-state index in [2.05, 4.69) is 10.5 Å². The number of ether oxygens (including phenoxy) is 2. The number of methoxy groups -OCH3 is 2. The van der Waals surface area contributed by atoms with Crippen LogP contribution in [0, 0.1) is 5.82 Å². The second-order valence-electron chi connectivity index (χ2n) is 7.10. The number of anilines is 1. The lowest BCUT2D eigenvalue weighted by atomic mass is 10.1. The van der Waals surface area contributed by atoms with Gasteiger partial charge in [0.2, 0.25) is 0 Å². The fourth-order valence-electron chi connectivity index (χ4n) is 3.08. The fourth-order valence-corrected chi connectivity index (χ4v) is 4.52. The molecular formula is C24H24FN3O5S. The van der Waals surface area contributed by atoms with Gasteiger partial charge in [0, 0.05) is 6.07 Å². The van der Waals surface area contributed by atoms with Gasteiger partial charge in [-0.05, 0) is 48.9 Å². The van der Waals surface area contributed by atoms with Crippen molar-refractivity contribution >= 4 is 27.3 Å². The molecule has 1 amide bonds. The highest BCUT2D eigenvalue weighted by Gasteiger charge is 2.29. The van der Waals surface area contributed by atoms with Gasteiger partial charge in [-0.1, -0.05) is 30.3 Å². The van der Waals surface area contributed by atoms with Gasteiger partial charge in [0.15, 0.2) is 0 Å². The minimum atomic E-state index is -4.16. The number of hydrogen-bond acceptors (Lipinski definition) is 6. The van der Waals surface area contributed by atoms with Crippen LogP contribution in [0.15, 0.2) is 82.8 Å². The number of hydrazone groups is 1. The van der Waals surface area contributed by atoms with E-state index in [0.717, 1.165) is 4.31 Å². The highest BCUT2D eigenvalue weighted by molar-refractivity contribution is 7.92. The molecule has 0 radical (unpaired) electrons. The second kappa shape index (κ2) is 10.8. The van der Waals surface area contributed by atoms with Crippen LogP contribution in [0.4, 0.5) is 10.1 Å². The lowest BCUT2D eigenvalue weighted by Gasteiger charge is -2.25. The summed E-state index contributed by atoms with van der Waals surface area (Å²) in [5.41, 5.74) is 3.51. The number of sulfonamides is 1. The molecule has 0 saturated carbocycles. The van der Waals surface area contributed by atoms with Gasteiger partial charge in [-0.25, -0.2) is 18.2 Å². The van der Waals surface area contributed by atoms with Gasteiger partial charge in [0.1, 0.15) is 23.9 Å². The fraction of sp³-hybridized carbons (Fsp3) is 0.167. The Labute approximate surface area is 197 Å². The number of halogens is 1. The van der Waals surface area contributed by atoms with E-state index in [-0.39, 0.29) is 16.3 Å². The van der Waals surface area contributed by atoms with Gasteiger partial charge in [-0.2, -0.15) is 5.10 Å². The Hall–Kier alpha value is -3.92. The molecule has 0 heterocycles. The van der Waals surface area contributed by atoms with E-state index in [1.807, 2.05) is 0 Å². The van der Waals surface area contributed by atoms with Gasteiger partial charge >= 0.3 is 0 Å². The molecule has 0 aromatic heterocycles. The van der Waals surface area contributed by atoms with Crippen LogP contribution in [-0.2, 0) is 14.8 Å². The standard InChI is InChI=1S/C24H24FN3O5S/c1-17(18-9-11-19(25)12-10-18)26-27-24(29)16-28(34(30,31)21-7-5-4-6-8-21)22-15-20(32-2)13-14-23(22)33-3/h4-15H,16H2,1-3H3,(H,27,29)/b26-17-. The van der Waals surface area contributed by atoms with E-state index >= 15 is 0 Å². The van der Waals surface area contributed by atoms with Crippen molar-refractivity contribution in [1.29, 1.82) is 0 Å². The number of nitrogens with one attached hydrogen (secondary N) is 1. The lowest BCUT2D eigenvalue weighted by molar-refractivity contribution is -0.119. The Morgan fingerprint density at radius 3 is 2.29 bits per heavy atom. The summed E-state index contributed by atoms with van der Waals surface area (Å²) in [5.74, 6) is -0.464. The van der Waals surface area contributed by atoms with Crippen molar-refractivity contribution in [2.45, 2.75) is 11.8 Å². The number of nitrogens with zero attached hydrogens (tertiary/aromatic N) is 2. The van der Waals surface area contributed by atoms with Crippen molar-refractivity contribution in [3.63, 3.8) is 0 Å². The zero-order valence-electron chi connectivity index (χ0n) is 18.9. The maximum absolute atomic E-state index is 13.5. The van der Waals surface area contributed by atoms with Gasteiger partial charge in [0.05, 0.1) is 30.5 Å². The maximum atomic E-state index is 13.5. The molecular weight excluding hydrogens is 461 g/mol. The predicted molar refractivity (Wildman–Crippen MR) is 127 cm³/mol. The van der Waals surface area contributed by atoms with Crippen LogP contribution >= 0.6 is 0 Å². The number of hydrogen-bond donors (Lipinski definition) is 1. The normalized spacial score (nSPS) is 11.6. The summed E-state index contributed by atoms with van der Waals surface area (Å²) < 4.78 is 51.7. The monoisotopic (exact) mass is 485 g/mol. The average molecular weight is 486 g/mol. The molecule has 3 rings (SSSR count). The summed E-state index contributed by atoms with van der Waals surface area (Å²) in [7, 11) is -1.31. The number of amides is 1. The van der Waals surface area contributed by atoms with E-state index in [1.165, 1.54) is 56.7 Å². The molecule has 0 saturated heterocycles. The molecule has 0 atom stereocenters. The molecule has 8 nitrogen and oxygen atoms in total. The molecule has 0 aliphatic rings. The zero-order valence-corrected chi connectivity index (χ0v) is 19.7. The molecule has 3 aromatic rings. The largest absolute Gasteiger partial charge is 0.497 e. The van der Waals surface area contributed by atoms with Gasteiger partial charge < -0.3 is 9.47 Å². The molecule has 0 bridgehead atoms. The molecule has 1 N–H and O–H groups in total. The Morgan fingerprint density at radius 1 is 1.00 bits per heavy atom. The summed E-state index contributed by atoms with van der Waals surface area (Å²) in [4.78, 5) is 12.8. The number of benzene rings is 3. The van der Waals surface area contributed by atoms with Crippen LogP contribution in [0.1, 0.15) is 12.5 Å². The van der Waals surface area contributed by atoms with E-state index in [9.17, 15) is 17.6 Å². The number of carbonyl (C=O) groups excluding carboxylic acids is 1. The van der Waals surface area contributed by atoms with Crippen molar-refractivity contribution in [2.75, 3.05) is 25.1 Å². The first kappa shape index (κ1) is 24.7. The van der Waals surface area contributed by atoms with Crippen molar-refractivity contribution in [1.82, 2.24) is 5.43 Å². The Bertz CT molecular complexity index is 1280. The molecule has 0 aliphatic carbocycles. The number of carbonyl (C=O) groups is 1. The molecule has 0 unspecified atom stereocenters. The predicted octanol–water partition coefficient (Wildman–Crippen LogP) is 3.58. The quantitative estimate of drug-likeness (QED) is 0.369. The lowest BCUT2D eigenvalue weighted by Crippen LogP contribution is -2.40. The van der Waals surface area contributed by atoms with E-state index < -0.39 is 28.3 Å². The first-order chi connectivity index (χ1) is 16.3. The highest BCUT2D eigenvalue weighted by Crippen LogP contribution is 2.35. The van der Waals surface area contributed by atoms with E-state index in [1.54, 1.807) is 37.3 Å². The maximum Gasteiger partial charge on any atom is 0.264 e. The van der Waals surface area contributed by atoms with Crippen LogP contribution < -0.4 is 19.2 Å². The van der Waals surface area contributed by atoms with Crippen molar-refractivity contribution in [2.24, 2.45) is 5.10 Å². The minimum absolute atomic E-state index is 0.00123. The van der Waals surface area contributed by atoms with Crippen LogP contribution in [0.5, 0.6) is 11.5 Å². The average Bonchev–Trinajstić information content (AvgIpc) is 2.86. The van der Waals surface area contributed by atoms with Crippen LogP contribution in [0.3, 0.4) is 0 Å². The Balaban J connectivity index is 1.96. The highest BCUT2D eigenvalue weighted by atomic mass is 32.2. The zero-order chi connectivity index (χ0) is 24.7. The van der Waals surface area contributed by atoms with Gasteiger partial charge in [-0.3, -0.25) is 9.10 Å². The second-order valence-corrected chi connectivity index (χ2v) is 8.96. The first-order valence-electron chi connectivity index (χ1n) is 10.1. The van der Waals surface area contributed by atoms with Gasteiger partial charge in [-0.15, -0.1) is 0 Å². The van der Waals surface area contributed by atoms with E-state index in [4.69, 9.17) is 9.47 Å². The molecule has 3 aromatic carbocycles. The summed E-state index contributed by atoms with van der Waals surface area (Å²) in [6.07, 6.45) is 0. The Kier molecular flexibility index (Phi) is 7.85. The third-order valence-electron chi connectivity index (χ3n) is 4.88. The topological polar surface area (TPSA) is 97.3 Å². The molecule has 10 heteroatoms. The van der Waals surface area contributed by atoms with Crippen LogP contribution in [0.2, 0.25) is 0 Å². The molecule has 0 spiro atoms. The summed E-state index contributed by atoms with van der Waals surface area (Å²) >= 11 is 0. The van der Waals surface area contributed by atoms with Crippen molar-refractivity contribution < 1.29 is 27.1 Å². The van der Waals surface area contributed by atoms with Crippen molar-refractivity contribution in [3.05, 3.63) is 84.2 Å². The summed E-state index contributed by atoms with van der Waals surface area (Å²) in [6.45, 7) is 1.05. The third-order valence-corrected chi connectivity index (χ3v) is 6.66. The van der Waals surface area contributed by atoms with Crippen molar-refractivity contribution in [3.8, 4) is 11.5 Å². The van der Waals surface area contributed by atoms with Gasteiger partial charge in [0.25, 0.3) is 15.9 Å². The SMILES string of the molecule is COc1ccc(OC)c(N(CC(=O)N/N=C(/C)c2ccc(F)cc2)S(=O)(=O)c2ccccc2)c1. The smallest absolute Gasteiger partial charge is 0.264 e. The van der Waals surface area contributed by atoms with Crippen LogP contribution in [-0.4, -0.2) is 40.8 Å². The Morgan fingerprint density at radius 2 is 1.68 bits per heavy atom. The van der Waals surface area contributed by atoms with E-state index in [0.29, 0.717) is 17.0 Å². The molecule has 178 valence electrons. The number of rotatable bonds is 9. The summed E-state index contributed by atoms with van der Waals surface area (Å²) in [5, 5.41) is 4.02. The molecule has 0 aliphatic heterocycles. The molecule has 34 heavy (non-hydrogen) atoms. The first-order valence-corrected chi connectivity index (χ1v) is 11.6. The van der Waals surface area contributed by atoms with Crippen LogP contribution in [0.25, 0.3) is 0 Å². The molecule has 0 fully saturated rings. The third kappa shape index (κ3) is 5.70.